The summed E-state index contributed by atoms with van der Waals surface area (Å²) in [4.78, 5) is 23.8. The highest BCUT2D eigenvalue weighted by molar-refractivity contribution is 7.08. The zero-order chi connectivity index (χ0) is 18.5. The first-order valence-electron chi connectivity index (χ1n) is 7.90. The number of aryl methyl sites for hydroxylation is 2. The van der Waals surface area contributed by atoms with Gasteiger partial charge in [0.05, 0.1) is 12.7 Å². The topological polar surface area (TPSA) is 94.3 Å². The van der Waals surface area contributed by atoms with Crippen LogP contribution in [0.2, 0.25) is 0 Å². The summed E-state index contributed by atoms with van der Waals surface area (Å²) >= 11 is 1.54. The summed E-state index contributed by atoms with van der Waals surface area (Å²) in [6.45, 7) is 1.85. The van der Waals surface area contributed by atoms with Crippen molar-refractivity contribution >= 4 is 28.9 Å². The predicted molar refractivity (Wildman–Crippen MR) is 97.1 cm³/mol. The van der Waals surface area contributed by atoms with Crippen molar-refractivity contribution < 1.29 is 18.7 Å². The molecule has 0 fully saturated rings. The van der Waals surface area contributed by atoms with Gasteiger partial charge in [0, 0.05) is 29.5 Å². The van der Waals surface area contributed by atoms with Gasteiger partial charge in [-0.1, -0.05) is 6.07 Å². The Labute approximate surface area is 154 Å². The lowest BCUT2D eigenvalue weighted by atomic mass is 10.1. The van der Waals surface area contributed by atoms with Crippen LogP contribution in [-0.2, 0) is 16.0 Å². The number of carbonyl (C=O) groups excluding carboxylic acids is 2. The highest BCUT2D eigenvalue weighted by Gasteiger charge is 2.13. The summed E-state index contributed by atoms with van der Waals surface area (Å²) in [5.41, 5.74) is 2.67. The van der Waals surface area contributed by atoms with E-state index < -0.39 is 5.97 Å². The molecular formula is C18H17N3O4S. The van der Waals surface area contributed by atoms with Gasteiger partial charge >= 0.3 is 5.97 Å². The van der Waals surface area contributed by atoms with Gasteiger partial charge in [0.1, 0.15) is 0 Å². The first-order valence-corrected chi connectivity index (χ1v) is 8.85. The molecule has 0 spiro atoms. The Bertz CT molecular complexity index is 918. The van der Waals surface area contributed by atoms with Gasteiger partial charge in [-0.15, -0.1) is 10.2 Å². The van der Waals surface area contributed by atoms with Gasteiger partial charge in [-0.25, -0.2) is 4.79 Å². The summed E-state index contributed by atoms with van der Waals surface area (Å²) in [7, 11) is 1.31. The number of aromatic nitrogens is 2. The largest absolute Gasteiger partial charge is 0.465 e. The number of methoxy groups -OCH3 is 1. The number of nitrogens with one attached hydrogen (secondary N) is 1. The van der Waals surface area contributed by atoms with Gasteiger partial charge in [0.2, 0.25) is 17.7 Å². The fraction of sp³-hybridized carbons (Fsp3) is 0.222. The molecule has 8 heteroatoms. The van der Waals surface area contributed by atoms with Gasteiger partial charge in [-0.05, 0) is 36.1 Å². The Kier molecular flexibility index (Phi) is 5.43. The number of ether oxygens (including phenoxy) is 1. The third-order valence-corrected chi connectivity index (χ3v) is 4.42. The van der Waals surface area contributed by atoms with E-state index in [4.69, 9.17) is 9.15 Å². The summed E-state index contributed by atoms with van der Waals surface area (Å²) in [6, 6.07) is 6.90. The number of nitrogens with zero attached hydrogens (tertiary/aromatic N) is 2. The predicted octanol–water partition coefficient (Wildman–Crippen LogP) is 3.46. The minimum Gasteiger partial charge on any atom is -0.465 e. The van der Waals surface area contributed by atoms with Crippen molar-refractivity contribution in [1.29, 1.82) is 0 Å². The molecule has 0 saturated carbocycles. The van der Waals surface area contributed by atoms with Gasteiger partial charge in [-0.2, -0.15) is 11.3 Å². The van der Waals surface area contributed by atoms with E-state index in [1.807, 2.05) is 23.8 Å². The van der Waals surface area contributed by atoms with Crippen LogP contribution in [0.25, 0.3) is 11.5 Å². The van der Waals surface area contributed by atoms with Crippen molar-refractivity contribution in [3.05, 3.63) is 52.0 Å². The first-order chi connectivity index (χ1) is 12.6. The average molecular weight is 371 g/mol. The lowest BCUT2D eigenvalue weighted by Crippen LogP contribution is -2.14. The van der Waals surface area contributed by atoms with Crippen molar-refractivity contribution in [2.75, 3.05) is 12.4 Å². The molecule has 2 heterocycles. The number of amides is 1. The molecule has 1 aromatic carbocycles. The Balaban J connectivity index is 1.60. The zero-order valence-electron chi connectivity index (χ0n) is 14.3. The van der Waals surface area contributed by atoms with E-state index in [-0.39, 0.29) is 12.3 Å². The lowest BCUT2D eigenvalue weighted by molar-refractivity contribution is -0.116. The van der Waals surface area contributed by atoms with E-state index in [1.54, 1.807) is 29.5 Å². The molecule has 2 aromatic heterocycles. The number of thiophene rings is 1. The fourth-order valence-electron chi connectivity index (χ4n) is 2.29. The molecule has 0 unspecified atom stereocenters. The van der Waals surface area contributed by atoms with E-state index in [0.29, 0.717) is 29.5 Å². The molecule has 26 heavy (non-hydrogen) atoms. The van der Waals surface area contributed by atoms with Crippen LogP contribution in [0.3, 0.4) is 0 Å². The third kappa shape index (κ3) is 4.15. The molecule has 1 N–H and O–H groups in total. The second kappa shape index (κ2) is 7.92. The maximum absolute atomic E-state index is 12.2. The van der Waals surface area contributed by atoms with Crippen LogP contribution in [0.4, 0.5) is 5.69 Å². The van der Waals surface area contributed by atoms with E-state index in [0.717, 1.165) is 11.1 Å². The molecule has 3 aromatic rings. The van der Waals surface area contributed by atoms with Crippen molar-refractivity contribution in [3.8, 4) is 11.5 Å². The number of hydrogen-bond donors (Lipinski definition) is 1. The van der Waals surface area contributed by atoms with Gasteiger partial charge < -0.3 is 14.5 Å². The second-order valence-electron chi connectivity index (χ2n) is 5.58. The number of anilines is 1. The summed E-state index contributed by atoms with van der Waals surface area (Å²) < 4.78 is 10.3. The van der Waals surface area contributed by atoms with E-state index in [1.165, 1.54) is 7.11 Å². The first kappa shape index (κ1) is 17.8. The molecule has 0 bridgehead atoms. The smallest absolute Gasteiger partial charge is 0.337 e. The Hall–Kier alpha value is -3.00. The third-order valence-electron chi connectivity index (χ3n) is 3.73. The SMILES string of the molecule is COC(=O)c1ccc(C)c(NC(=O)CCc2nnc(-c3ccsc3)o2)c1. The molecule has 0 saturated heterocycles. The van der Waals surface area contributed by atoms with E-state index >= 15 is 0 Å². The van der Waals surface area contributed by atoms with Crippen molar-refractivity contribution in [2.45, 2.75) is 19.8 Å². The standard InChI is InChI=1S/C18H17N3O4S/c1-11-3-4-12(18(23)24-2)9-14(11)19-15(22)5-6-16-20-21-17(25-16)13-7-8-26-10-13/h3-4,7-10H,5-6H2,1-2H3,(H,19,22). The molecule has 0 aliphatic heterocycles. The average Bonchev–Trinajstić information content (AvgIpc) is 3.32. The highest BCUT2D eigenvalue weighted by Crippen LogP contribution is 2.21. The minimum absolute atomic E-state index is 0.188. The van der Waals surface area contributed by atoms with Crippen LogP contribution in [0, 0.1) is 6.92 Å². The summed E-state index contributed by atoms with van der Waals surface area (Å²) in [5, 5.41) is 14.6. The molecule has 1 amide bonds. The molecule has 0 aliphatic carbocycles. The fourth-order valence-corrected chi connectivity index (χ4v) is 2.92. The van der Waals surface area contributed by atoms with Gasteiger partial charge in [-0.3, -0.25) is 4.79 Å². The monoisotopic (exact) mass is 371 g/mol. The molecule has 0 radical (unpaired) electrons. The molecule has 7 nitrogen and oxygen atoms in total. The van der Waals surface area contributed by atoms with Crippen LogP contribution in [0.5, 0.6) is 0 Å². The van der Waals surface area contributed by atoms with E-state index in [9.17, 15) is 9.59 Å². The number of hydrogen-bond acceptors (Lipinski definition) is 7. The van der Waals surface area contributed by atoms with Gasteiger partial charge in [0.25, 0.3) is 0 Å². The molecule has 0 atom stereocenters. The quantitative estimate of drug-likeness (QED) is 0.667. The minimum atomic E-state index is -0.452. The zero-order valence-corrected chi connectivity index (χ0v) is 15.1. The Morgan fingerprint density at radius 2 is 2.12 bits per heavy atom. The van der Waals surface area contributed by atoms with Crippen LogP contribution in [0.15, 0.2) is 39.4 Å². The summed E-state index contributed by atoms with van der Waals surface area (Å²) in [6.07, 6.45) is 0.520. The van der Waals surface area contributed by atoms with Gasteiger partial charge in [0.15, 0.2) is 0 Å². The van der Waals surface area contributed by atoms with Crippen LogP contribution >= 0.6 is 11.3 Å². The van der Waals surface area contributed by atoms with Crippen molar-refractivity contribution in [2.24, 2.45) is 0 Å². The van der Waals surface area contributed by atoms with Crippen LogP contribution in [-0.4, -0.2) is 29.2 Å². The number of carbonyl (C=O) groups is 2. The normalized spacial score (nSPS) is 10.5. The van der Waals surface area contributed by atoms with E-state index in [2.05, 4.69) is 15.5 Å². The molecular weight excluding hydrogens is 354 g/mol. The number of benzene rings is 1. The lowest BCUT2D eigenvalue weighted by Gasteiger charge is -2.09. The number of esters is 1. The molecule has 3 rings (SSSR count). The Morgan fingerprint density at radius 1 is 1.27 bits per heavy atom. The molecule has 134 valence electrons. The summed E-state index contributed by atoms with van der Waals surface area (Å²) in [5.74, 6) is 0.197. The van der Waals surface area contributed by atoms with Crippen LogP contribution < -0.4 is 5.32 Å². The number of rotatable bonds is 6. The maximum atomic E-state index is 12.2. The Morgan fingerprint density at radius 3 is 2.85 bits per heavy atom. The highest BCUT2D eigenvalue weighted by atomic mass is 32.1. The maximum Gasteiger partial charge on any atom is 0.337 e. The van der Waals surface area contributed by atoms with Crippen LogP contribution in [0.1, 0.15) is 28.2 Å². The van der Waals surface area contributed by atoms with Crippen molar-refractivity contribution in [1.82, 2.24) is 10.2 Å². The van der Waals surface area contributed by atoms with Crippen molar-refractivity contribution in [3.63, 3.8) is 0 Å². The second-order valence-corrected chi connectivity index (χ2v) is 6.36. The molecule has 0 aliphatic rings.